The molecule has 126 valence electrons. The van der Waals surface area contributed by atoms with E-state index >= 15 is 0 Å². The monoisotopic (exact) mass is 335 g/mol. The number of hydrogen-bond acceptors (Lipinski definition) is 1. The van der Waals surface area contributed by atoms with Gasteiger partial charge >= 0.3 is 5.49 Å². The number of fused-ring (bicyclic) bond motifs is 1. The molecule has 0 bridgehead atoms. The molecule has 0 radical (unpaired) electrons. The molecule has 25 heavy (non-hydrogen) atoms. The van der Waals surface area contributed by atoms with Crippen LogP contribution in [0.15, 0.2) is 42.6 Å². The minimum absolute atomic E-state index is 0.0905. The van der Waals surface area contributed by atoms with E-state index in [1.807, 2.05) is 37.4 Å². The van der Waals surface area contributed by atoms with Crippen molar-refractivity contribution in [3.63, 3.8) is 0 Å². The number of pyridine rings is 1. The highest BCUT2D eigenvalue weighted by molar-refractivity contribution is 5.83. The molecule has 0 unspecified atom stereocenters. The topological polar surface area (TPSA) is 39.3 Å². The Hall–Kier alpha value is -2.68. The van der Waals surface area contributed by atoms with Crippen molar-refractivity contribution in [3.8, 4) is 5.69 Å². The Morgan fingerprint density at radius 1 is 1.28 bits per heavy atom. The summed E-state index contributed by atoms with van der Waals surface area (Å²) in [7, 11) is 0. The quantitative estimate of drug-likeness (QED) is 0.580. The highest BCUT2D eigenvalue weighted by Gasteiger charge is 2.26. The van der Waals surface area contributed by atoms with Gasteiger partial charge in [0.05, 0.1) is 12.8 Å². The second-order valence-electron chi connectivity index (χ2n) is 6.64. The van der Waals surface area contributed by atoms with Gasteiger partial charge in [0, 0.05) is 5.56 Å². The number of rotatable bonds is 3. The van der Waals surface area contributed by atoms with Crippen LogP contribution in [0, 0.1) is 12.7 Å². The normalized spacial score (nSPS) is 13.9. The van der Waals surface area contributed by atoms with E-state index < -0.39 is 0 Å². The fraction of sp³-hybridized carbons (Fsp3) is 0.238. The molecule has 0 amide bonds. The maximum atomic E-state index is 14.9. The summed E-state index contributed by atoms with van der Waals surface area (Å²) in [5, 5.41) is 11.1. The van der Waals surface area contributed by atoms with Gasteiger partial charge in [0.2, 0.25) is 0 Å². The average Bonchev–Trinajstić information content (AvgIpc) is 3.45. The lowest BCUT2D eigenvalue weighted by Crippen LogP contribution is -2.24. The number of aliphatic hydroxyl groups is 1. The third-order valence-corrected chi connectivity index (χ3v) is 5.00. The summed E-state index contributed by atoms with van der Waals surface area (Å²) in [6.07, 6.45) is 4.14. The standard InChI is InChI=1S/C21H20FN2O/c1-13-4-3-5-19(17(13)12-25)24-9-8-15-10-16(14-6-7-14)11-18(22)20(15)21(24)23-2/h3-5,8-11,14,25H,2,6-7,12H2,1H3/q+1. The molecule has 1 aromatic heterocycles. The first-order chi connectivity index (χ1) is 12.1. The SMILES string of the molecule is C=[N+]=c1c2c(F)cc(C3CC3)cc2ccn1-c1cccc(C)c1CO. The zero-order valence-corrected chi connectivity index (χ0v) is 14.2. The van der Waals surface area contributed by atoms with Crippen molar-refractivity contribution in [3.05, 3.63) is 70.6 Å². The van der Waals surface area contributed by atoms with Gasteiger partial charge in [0.1, 0.15) is 16.9 Å². The first-order valence-corrected chi connectivity index (χ1v) is 8.48. The van der Waals surface area contributed by atoms with Crippen molar-refractivity contribution in [1.82, 2.24) is 9.24 Å². The molecule has 1 saturated carbocycles. The third-order valence-electron chi connectivity index (χ3n) is 5.00. The van der Waals surface area contributed by atoms with Crippen molar-refractivity contribution >= 4 is 17.5 Å². The summed E-state index contributed by atoms with van der Waals surface area (Å²) < 4.78 is 20.8. The van der Waals surface area contributed by atoms with E-state index in [-0.39, 0.29) is 12.4 Å². The van der Waals surface area contributed by atoms with E-state index in [9.17, 15) is 9.50 Å². The molecule has 1 fully saturated rings. The van der Waals surface area contributed by atoms with Crippen molar-refractivity contribution in [1.29, 1.82) is 0 Å². The van der Waals surface area contributed by atoms with Gasteiger partial charge in [-0.1, -0.05) is 18.2 Å². The van der Waals surface area contributed by atoms with E-state index in [0.29, 0.717) is 16.8 Å². The maximum Gasteiger partial charge on any atom is 0.389 e. The number of benzene rings is 2. The Kier molecular flexibility index (Phi) is 3.79. The molecule has 0 atom stereocenters. The molecule has 1 aliphatic carbocycles. The van der Waals surface area contributed by atoms with E-state index in [2.05, 4.69) is 17.5 Å². The van der Waals surface area contributed by atoms with Gasteiger partial charge in [-0.2, -0.15) is 4.57 Å². The van der Waals surface area contributed by atoms with Crippen molar-refractivity contribution in [2.75, 3.05) is 0 Å². The van der Waals surface area contributed by atoms with E-state index in [1.54, 1.807) is 10.6 Å². The minimum atomic E-state index is -0.269. The van der Waals surface area contributed by atoms with Gasteiger partial charge in [-0.25, -0.2) is 9.06 Å². The Bertz CT molecular complexity index is 1070. The van der Waals surface area contributed by atoms with Gasteiger partial charge in [-0.05, 0) is 60.4 Å². The molecule has 3 nitrogen and oxygen atoms in total. The molecule has 2 aromatic carbocycles. The largest absolute Gasteiger partial charge is 0.392 e. The summed E-state index contributed by atoms with van der Waals surface area (Å²) in [5.41, 5.74) is 4.08. The number of aromatic nitrogens is 1. The average molecular weight is 335 g/mol. The van der Waals surface area contributed by atoms with Gasteiger partial charge < -0.3 is 5.11 Å². The van der Waals surface area contributed by atoms with Gasteiger partial charge in [0.25, 0.3) is 0 Å². The lowest BCUT2D eigenvalue weighted by molar-refractivity contribution is 0.280. The molecular weight excluding hydrogens is 315 g/mol. The highest BCUT2D eigenvalue weighted by atomic mass is 19.1. The molecule has 0 saturated heterocycles. The predicted molar refractivity (Wildman–Crippen MR) is 98.3 cm³/mol. The van der Waals surface area contributed by atoms with Crippen molar-refractivity contribution in [2.24, 2.45) is 0 Å². The first-order valence-electron chi connectivity index (χ1n) is 8.48. The molecule has 1 heterocycles. The molecule has 0 aliphatic heterocycles. The summed E-state index contributed by atoms with van der Waals surface area (Å²) in [6, 6.07) is 11.3. The zero-order valence-electron chi connectivity index (χ0n) is 14.2. The maximum absolute atomic E-state index is 14.9. The number of aryl methyl sites for hydroxylation is 1. The predicted octanol–water partition coefficient (Wildman–Crippen LogP) is 3.12. The Morgan fingerprint density at radius 2 is 2.08 bits per heavy atom. The first kappa shape index (κ1) is 15.8. The van der Waals surface area contributed by atoms with Crippen LogP contribution in [-0.2, 0) is 6.61 Å². The lowest BCUT2D eigenvalue weighted by Gasteiger charge is -2.09. The number of nitrogens with zero attached hydrogens (tertiary/aromatic N) is 2. The lowest BCUT2D eigenvalue weighted by atomic mass is 10.0. The summed E-state index contributed by atoms with van der Waals surface area (Å²) in [4.78, 5) is 0. The minimum Gasteiger partial charge on any atom is -0.392 e. The van der Waals surface area contributed by atoms with E-state index in [4.69, 9.17) is 0 Å². The molecular formula is C21H20FN2O+. The second-order valence-corrected chi connectivity index (χ2v) is 6.64. The second kappa shape index (κ2) is 5.99. The van der Waals surface area contributed by atoms with Crippen molar-refractivity contribution < 1.29 is 9.50 Å². The van der Waals surface area contributed by atoms with Gasteiger partial charge in [0.15, 0.2) is 6.72 Å². The van der Waals surface area contributed by atoms with Crippen LogP contribution in [0.25, 0.3) is 16.5 Å². The zero-order chi connectivity index (χ0) is 17.6. The summed E-state index contributed by atoms with van der Waals surface area (Å²) in [5.74, 6) is 0.221. The molecule has 1 aliphatic rings. The van der Waals surface area contributed by atoms with Crippen LogP contribution in [-0.4, -0.2) is 16.4 Å². The fourth-order valence-corrected chi connectivity index (χ4v) is 3.48. The highest BCUT2D eigenvalue weighted by Crippen LogP contribution is 2.41. The summed E-state index contributed by atoms with van der Waals surface area (Å²) >= 11 is 0. The number of hydrogen-bond donors (Lipinski definition) is 1. The Labute approximate surface area is 145 Å². The van der Waals surface area contributed by atoms with Crippen LogP contribution in [0.2, 0.25) is 0 Å². The van der Waals surface area contributed by atoms with Crippen LogP contribution in [0.1, 0.15) is 35.4 Å². The van der Waals surface area contributed by atoms with Crippen LogP contribution in [0.3, 0.4) is 0 Å². The van der Waals surface area contributed by atoms with Crippen LogP contribution < -0.4 is 10.2 Å². The molecule has 4 rings (SSSR count). The van der Waals surface area contributed by atoms with Gasteiger partial charge in [-0.3, -0.25) is 0 Å². The number of aliphatic hydroxyl groups excluding tert-OH is 1. The van der Waals surface area contributed by atoms with Crippen LogP contribution in [0.5, 0.6) is 0 Å². The Morgan fingerprint density at radius 3 is 2.76 bits per heavy atom. The Balaban J connectivity index is 2.04. The van der Waals surface area contributed by atoms with E-state index in [0.717, 1.165) is 40.6 Å². The fourth-order valence-electron chi connectivity index (χ4n) is 3.48. The van der Waals surface area contributed by atoms with E-state index in [1.165, 1.54) is 0 Å². The smallest absolute Gasteiger partial charge is 0.389 e. The summed E-state index contributed by atoms with van der Waals surface area (Å²) in [6.45, 7) is 5.51. The van der Waals surface area contributed by atoms with Crippen LogP contribution in [0.4, 0.5) is 4.39 Å². The molecule has 0 spiro atoms. The van der Waals surface area contributed by atoms with Crippen LogP contribution >= 0.6 is 0 Å². The molecule has 4 heteroatoms. The van der Waals surface area contributed by atoms with Crippen molar-refractivity contribution in [2.45, 2.75) is 32.3 Å². The third kappa shape index (κ3) is 2.60. The molecule has 3 aromatic rings. The molecule has 1 N–H and O–H groups in total. The van der Waals surface area contributed by atoms with Gasteiger partial charge in [-0.15, -0.1) is 0 Å². The number of halogens is 1.